The van der Waals surface area contributed by atoms with Crippen LogP contribution >= 0.6 is 0 Å². The summed E-state index contributed by atoms with van der Waals surface area (Å²) in [5.41, 5.74) is 0.126. The number of hydrogen-bond acceptors (Lipinski definition) is 2. The van der Waals surface area contributed by atoms with Gasteiger partial charge in [0, 0.05) is 13.2 Å². The maximum Gasteiger partial charge on any atom is 0.0806 e. The summed E-state index contributed by atoms with van der Waals surface area (Å²) in [6.07, 6.45) is 10.5. The average Bonchev–Trinajstić information content (AvgIpc) is 2.40. The van der Waals surface area contributed by atoms with Gasteiger partial charge in [-0.3, -0.25) is 0 Å². The van der Waals surface area contributed by atoms with Crippen LogP contribution in [0.1, 0.15) is 72.1 Å². The Bertz CT molecular complexity index is 221. The van der Waals surface area contributed by atoms with E-state index in [-0.39, 0.29) is 5.60 Å². The number of rotatable bonds is 9. The van der Waals surface area contributed by atoms with Crippen molar-refractivity contribution in [2.45, 2.75) is 77.7 Å². The van der Waals surface area contributed by atoms with E-state index in [1.165, 1.54) is 51.4 Å². The minimum absolute atomic E-state index is 0.126. The normalized spacial score (nSPS) is 29.4. The molecule has 1 unspecified atom stereocenters. The molecule has 2 heteroatoms. The van der Waals surface area contributed by atoms with E-state index in [4.69, 9.17) is 4.74 Å². The van der Waals surface area contributed by atoms with Crippen LogP contribution in [0.4, 0.5) is 0 Å². The van der Waals surface area contributed by atoms with Crippen LogP contribution in [0.25, 0.3) is 0 Å². The van der Waals surface area contributed by atoms with Gasteiger partial charge in [-0.15, -0.1) is 0 Å². The van der Waals surface area contributed by atoms with Crippen molar-refractivity contribution >= 4 is 0 Å². The monoisotopic (exact) mass is 269 g/mol. The van der Waals surface area contributed by atoms with Crippen molar-refractivity contribution in [3.63, 3.8) is 0 Å². The van der Waals surface area contributed by atoms with Crippen molar-refractivity contribution in [3.05, 3.63) is 0 Å². The fraction of sp³-hybridized carbons (Fsp3) is 1.00. The quantitative estimate of drug-likeness (QED) is 0.670. The second-order valence-electron chi connectivity index (χ2n) is 6.65. The molecule has 0 bridgehead atoms. The average molecular weight is 269 g/mol. The van der Waals surface area contributed by atoms with Crippen LogP contribution in [0.2, 0.25) is 0 Å². The molecule has 0 aromatic carbocycles. The lowest BCUT2D eigenvalue weighted by atomic mass is 9.77. The van der Waals surface area contributed by atoms with Gasteiger partial charge in [-0.1, -0.05) is 40.0 Å². The van der Waals surface area contributed by atoms with E-state index in [0.717, 1.165) is 19.1 Å². The van der Waals surface area contributed by atoms with Crippen LogP contribution in [-0.2, 0) is 4.74 Å². The van der Waals surface area contributed by atoms with Crippen molar-refractivity contribution in [1.29, 1.82) is 0 Å². The third kappa shape index (κ3) is 5.83. The molecule has 1 N–H and O–H groups in total. The molecule has 0 saturated heterocycles. The number of ether oxygens (including phenoxy) is 1. The Morgan fingerprint density at radius 2 is 1.89 bits per heavy atom. The molecule has 1 rings (SSSR count). The predicted octanol–water partition coefficient (Wildman–Crippen LogP) is 4.39. The smallest absolute Gasteiger partial charge is 0.0806 e. The lowest BCUT2D eigenvalue weighted by Crippen LogP contribution is -2.45. The first-order valence-corrected chi connectivity index (χ1v) is 8.44. The SMILES string of the molecule is CCCC(C)COC1(CNC)CCC(CCC)CC1. The predicted molar refractivity (Wildman–Crippen MR) is 83.5 cm³/mol. The van der Waals surface area contributed by atoms with E-state index in [1.807, 2.05) is 0 Å². The summed E-state index contributed by atoms with van der Waals surface area (Å²) in [6, 6.07) is 0. The minimum atomic E-state index is 0.126. The van der Waals surface area contributed by atoms with Gasteiger partial charge < -0.3 is 10.1 Å². The van der Waals surface area contributed by atoms with Crippen LogP contribution in [0.15, 0.2) is 0 Å². The molecular weight excluding hydrogens is 234 g/mol. The Labute approximate surface area is 120 Å². The third-order valence-corrected chi connectivity index (χ3v) is 4.67. The lowest BCUT2D eigenvalue weighted by Gasteiger charge is -2.41. The summed E-state index contributed by atoms with van der Waals surface area (Å²) in [7, 11) is 2.05. The molecule has 0 aliphatic heterocycles. The second-order valence-corrected chi connectivity index (χ2v) is 6.65. The highest BCUT2D eigenvalue weighted by molar-refractivity contribution is 4.89. The van der Waals surface area contributed by atoms with E-state index in [9.17, 15) is 0 Å². The maximum absolute atomic E-state index is 6.39. The van der Waals surface area contributed by atoms with Crippen molar-refractivity contribution in [3.8, 4) is 0 Å². The fourth-order valence-electron chi connectivity index (χ4n) is 3.49. The Morgan fingerprint density at radius 1 is 1.21 bits per heavy atom. The first kappa shape index (κ1) is 17.0. The van der Waals surface area contributed by atoms with E-state index in [0.29, 0.717) is 5.92 Å². The van der Waals surface area contributed by atoms with Crippen LogP contribution in [0.5, 0.6) is 0 Å². The highest BCUT2D eigenvalue weighted by Crippen LogP contribution is 2.37. The molecule has 0 spiro atoms. The van der Waals surface area contributed by atoms with Gasteiger partial charge in [0.25, 0.3) is 0 Å². The van der Waals surface area contributed by atoms with E-state index >= 15 is 0 Å². The Balaban J connectivity index is 2.42. The fourth-order valence-corrected chi connectivity index (χ4v) is 3.49. The van der Waals surface area contributed by atoms with Crippen LogP contribution in [0, 0.1) is 11.8 Å². The molecule has 0 amide bonds. The molecular formula is C17H35NO. The summed E-state index contributed by atoms with van der Waals surface area (Å²) in [5.74, 6) is 1.65. The number of nitrogens with one attached hydrogen (secondary N) is 1. The van der Waals surface area contributed by atoms with Gasteiger partial charge in [-0.05, 0) is 51.0 Å². The molecule has 0 heterocycles. The molecule has 114 valence electrons. The minimum Gasteiger partial charge on any atom is -0.373 e. The molecule has 19 heavy (non-hydrogen) atoms. The summed E-state index contributed by atoms with van der Waals surface area (Å²) >= 11 is 0. The van der Waals surface area contributed by atoms with Gasteiger partial charge in [0.1, 0.15) is 0 Å². The van der Waals surface area contributed by atoms with Crippen molar-refractivity contribution in [1.82, 2.24) is 5.32 Å². The molecule has 1 saturated carbocycles. The van der Waals surface area contributed by atoms with E-state index in [2.05, 4.69) is 33.1 Å². The van der Waals surface area contributed by atoms with Crippen molar-refractivity contribution in [2.75, 3.05) is 20.2 Å². The lowest BCUT2D eigenvalue weighted by molar-refractivity contribution is -0.0873. The zero-order valence-corrected chi connectivity index (χ0v) is 13.6. The zero-order chi connectivity index (χ0) is 14.1. The molecule has 1 aliphatic carbocycles. The Kier molecular flexibility index (Phi) is 8.01. The highest BCUT2D eigenvalue weighted by Gasteiger charge is 2.35. The standard InChI is InChI=1S/C17H35NO/c1-5-7-15(3)13-19-17(14-18-4)11-9-16(8-6-2)10-12-17/h15-16,18H,5-14H2,1-4H3. The molecule has 0 aromatic heterocycles. The highest BCUT2D eigenvalue weighted by atomic mass is 16.5. The molecule has 1 fully saturated rings. The summed E-state index contributed by atoms with van der Waals surface area (Å²) in [5, 5.41) is 3.36. The van der Waals surface area contributed by atoms with Gasteiger partial charge in [0.05, 0.1) is 5.60 Å². The largest absolute Gasteiger partial charge is 0.373 e. The van der Waals surface area contributed by atoms with Gasteiger partial charge in [-0.25, -0.2) is 0 Å². The van der Waals surface area contributed by atoms with E-state index in [1.54, 1.807) is 0 Å². The van der Waals surface area contributed by atoms with Crippen molar-refractivity contribution in [2.24, 2.45) is 11.8 Å². The second kappa shape index (κ2) is 8.97. The first-order chi connectivity index (χ1) is 9.15. The van der Waals surface area contributed by atoms with Gasteiger partial charge in [0.2, 0.25) is 0 Å². The van der Waals surface area contributed by atoms with Crippen LogP contribution < -0.4 is 5.32 Å². The summed E-state index contributed by atoms with van der Waals surface area (Å²) < 4.78 is 6.39. The summed E-state index contributed by atoms with van der Waals surface area (Å²) in [4.78, 5) is 0. The number of hydrogen-bond donors (Lipinski definition) is 1. The maximum atomic E-state index is 6.39. The van der Waals surface area contributed by atoms with Crippen LogP contribution in [0.3, 0.4) is 0 Å². The van der Waals surface area contributed by atoms with E-state index < -0.39 is 0 Å². The Hall–Kier alpha value is -0.0800. The van der Waals surface area contributed by atoms with Gasteiger partial charge >= 0.3 is 0 Å². The first-order valence-electron chi connectivity index (χ1n) is 8.44. The van der Waals surface area contributed by atoms with Crippen LogP contribution in [-0.4, -0.2) is 25.8 Å². The molecule has 1 atom stereocenters. The third-order valence-electron chi connectivity index (χ3n) is 4.67. The summed E-state index contributed by atoms with van der Waals surface area (Å²) in [6.45, 7) is 8.84. The van der Waals surface area contributed by atoms with Gasteiger partial charge in [-0.2, -0.15) is 0 Å². The zero-order valence-electron chi connectivity index (χ0n) is 13.6. The Morgan fingerprint density at radius 3 is 2.42 bits per heavy atom. The molecule has 2 nitrogen and oxygen atoms in total. The van der Waals surface area contributed by atoms with Gasteiger partial charge in [0.15, 0.2) is 0 Å². The van der Waals surface area contributed by atoms with Crippen molar-refractivity contribution < 1.29 is 4.74 Å². The molecule has 1 aliphatic rings. The number of likely N-dealkylation sites (N-methyl/N-ethyl adjacent to an activating group) is 1. The topological polar surface area (TPSA) is 21.3 Å². The molecule has 0 aromatic rings. The molecule has 0 radical (unpaired) electrons.